The molecule has 0 rings (SSSR count). The van der Waals surface area contributed by atoms with Crippen molar-refractivity contribution in [1.29, 1.82) is 0 Å². The van der Waals surface area contributed by atoms with Crippen LogP contribution in [0.4, 0.5) is 0 Å². The molecule has 0 bridgehead atoms. The Balaban J connectivity index is -0.000000275. The van der Waals surface area contributed by atoms with Gasteiger partial charge in [-0.2, -0.15) is 0 Å². The van der Waals surface area contributed by atoms with Gasteiger partial charge in [0.2, 0.25) is 17.2 Å². The number of hydrogen-bond acceptors (Lipinski definition) is 10. The molecule has 0 fully saturated rings. The molecule has 0 aliphatic carbocycles. The van der Waals surface area contributed by atoms with Crippen LogP contribution in [0.15, 0.2) is 75.9 Å². The lowest BCUT2D eigenvalue weighted by atomic mass is 9.68. The van der Waals surface area contributed by atoms with E-state index < -0.39 is 66.3 Å². The number of rotatable bonds is 13. The van der Waals surface area contributed by atoms with Crippen LogP contribution in [0.25, 0.3) is 0 Å². The third kappa shape index (κ3) is 13.3. The Bertz CT molecular complexity index is 777. The maximum Gasteiger partial charge on any atom is 0.331 e. The fraction of sp³-hybridized carbons (Fsp3) is 0.217. The Labute approximate surface area is 206 Å². The number of aliphatic carboxylic acids is 3. The summed E-state index contributed by atoms with van der Waals surface area (Å²) < 4.78 is 4.85. The van der Waals surface area contributed by atoms with Crippen LogP contribution in [0.5, 0.6) is 0 Å². The van der Waals surface area contributed by atoms with Crippen molar-refractivity contribution >= 4 is 35.4 Å². The molecule has 13 nitrogen and oxygen atoms in total. The monoisotopic (exact) mass is 514 g/mol. The number of hydrogen-bond donors (Lipinski definition) is 6. The average Bonchev–Trinajstić information content (AvgIpc) is 2.88. The molecule has 0 aromatic heterocycles. The molecule has 0 amide bonds. The smallest absolute Gasteiger partial charge is 0.331 e. The first kappa shape index (κ1) is 38.8. The van der Waals surface area contributed by atoms with Gasteiger partial charge in [-0.1, -0.05) is 39.5 Å². The summed E-state index contributed by atoms with van der Waals surface area (Å²) in [5, 5.41) is 51.2. The molecule has 0 aliphatic rings. The number of esters is 1. The van der Waals surface area contributed by atoms with E-state index in [1.54, 1.807) is 0 Å². The van der Waals surface area contributed by atoms with Gasteiger partial charge in [-0.15, -0.1) is 0 Å². The maximum atomic E-state index is 12.2. The number of carbonyl (C=O) groups excluding carboxylic acids is 3. The molecular formula is C23H30O13. The summed E-state index contributed by atoms with van der Waals surface area (Å²) in [5.74, 6) is -6.32. The van der Waals surface area contributed by atoms with Gasteiger partial charge >= 0.3 is 23.9 Å². The molecule has 0 atom stereocenters. The van der Waals surface area contributed by atoms with E-state index in [4.69, 9.17) is 20.1 Å². The Morgan fingerprint density at radius 1 is 0.556 bits per heavy atom. The van der Waals surface area contributed by atoms with Crippen LogP contribution in [0.3, 0.4) is 0 Å². The van der Waals surface area contributed by atoms with Gasteiger partial charge in [-0.25, -0.2) is 19.2 Å². The van der Waals surface area contributed by atoms with Crippen molar-refractivity contribution in [2.75, 3.05) is 19.8 Å². The summed E-state index contributed by atoms with van der Waals surface area (Å²) in [5.41, 5.74) is -4.83. The minimum Gasteiger partial charge on any atom is -0.478 e. The number of ketones is 2. The molecule has 0 unspecified atom stereocenters. The summed E-state index contributed by atoms with van der Waals surface area (Å²) in [7, 11) is 0. The van der Waals surface area contributed by atoms with Gasteiger partial charge < -0.3 is 35.4 Å². The fourth-order valence-electron chi connectivity index (χ4n) is 1.82. The molecule has 6 N–H and O–H groups in total. The van der Waals surface area contributed by atoms with Crippen molar-refractivity contribution in [3.05, 3.63) is 75.9 Å². The van der Waals surface area contributed by atoms with Crippen molar-refractivity contribution in [3.8, 4) is 0 Å². The van der Waals surface area contributed by atoms with Gasteiger partial charge in [0.15, 0.2) is 0 Å². The van der Waals surface area contributed by atoms with Crippen molar-refractivity contribution in [3.63, 3.8) is 0 Å². The highest BCUT2D eigenvalue weighted by Gasteiger charge is 2.62. The Hall–Kier alpha value is -4.46. The number of carbonyl (C=O) groups is 6. The first-order valence-corrected chi connectivity index (χ1v) is 9.24. The van der Waals surface area contributed by atoms with E-state index in [1.807, 2.05) is 0 Å². The molecule has 0 spiro atoms. The van der Waals surface area contributed by atoms with E-state index in [1.165, 1.54) is 0 Å². The van der Waals surface area contributed by atoms with Gasteiger partial charge in [0, 0.05) is 24.3 Å². The van der Waals surface area contributed by atoms with E-state index in [9.17, 15) is 44.1 Å². The van der Waals surface area contributed by atoms with Crippen molar-refractivity contribution < 1.29 is 64.1 Å². The van der Waals surface area contributed by atoms with E-state index in [0.717, 1.165) is 18.2 Å². The molecule has 36 heavy (non-hydrogen) atoms. The van der Waals surface area contributed by atoms with Gasteiger partial charge in [0.1, 0.15) is 0 Å². The highest BCUT2D eigenvalue weighted by atomic mass is 16.6. The van der Waals surface area contributed by atoms with Crippen LogP contribution in [0, 0.1) is 5.41 Å². The second kappa shape index (κ2) is 21.1. The quantitative estimate of drug-likeness (QED) is 0.105. The average molecular weight is 514 g/mol. The number of aliphatic hydroxyl groups excluding tert-OH is 3. The number of carboxylic acids is 3. The fourth-order valence-corrected chi connectivity index (χ4v) is 1.82. The van der Waals surface area contributed by atoms with E-state index in [0.29, 0.717) is 18.2 Å². The van der Waals surface area contributed by atoms with Gasteiger partial charge in [-0.3, -0.25) is 9.59 Å². The zero-order valence-corrected chi connectivity index (χ0v) is 19.4. The lowest BCUT2D eigenvalue weighted by Gasteiger charge is -2.43. The molecule has 0 heterocycles. The molecule has 13 heteroatoms. The first-order chi connectivity index (χ1) is 16.7. The van der Waals surface area contributed by atoms with Gasteiger partial charge in [0.25, 0.3) is 0 Å². The minimum absolute atomic E-state index is 0.688. The van der Waals surface area contributed by atoms with Crippen molar-refractivity contribution in [2.24, 2.45) is 5.41 Å². The van der Waals surface area contributed by atoms with Crippen LogP contribution < -0.4 is 0 Å². The highest BCUT2D eigenvalue weighted by Crippen LogP contribution is 2.37. The summed E-state index contributed by atoms with van der Waals surface area (Å²) >= 11 is 0. The molecule has 0 aliphatic heterocycles. The Morgan fingerprint density at radius 3 is 0.944 bits per heavy atom. The standard InChI is InChI=1S/C14H18O7.3C3H4O2/c1-4-10(18)14(11(19)5-2,21-12(20)6-3)13(7-15,8-16)9-17;3*1-2-3(4)5/h4-6,15-17H,1-3,7-9H2;3*2H,1H2,(H,4,5). The summed E-state index contributed by atoms with van der Waals surface area (Å²) in [6, 6.07) is 0. The lowest BCUT2D eigenvalue weighted by molar-refractivity contribution is -0.195. The lowest BCUT2D eigenvalue weighted by Crippen LogP contribution is -2.66. The van der Waals surface area contributed by atoms with Crippen molar-refractivity contribution in [1.82, 2.24) is 0 Å². The summed E-state index contributed by atoms with van der Waals surface area (Å²) in [6.07, 6.45) is 4.57. The van der Waals surface area contributed by atoms with Crippen LogP contribution in [0.1, 0.15) is 0 Å². The molecule has 0 saturated heterocycles. The zero-order valence-electron chi connectivity index (χ0n) is 19.4. The van der Waals surface area contributed by atoms with E-state index in [-0.39, 0.29) is 0 Å². The number of ether oxygens (including phenoxy) is 1. The summed E-state index contributed by atoms with van der Waals surface area (Å²) in [6.45, 7) is 15.4. The second-order valence-corrected chi connectivity index (χ2v) is 5.82. The first-order valence-electron chi connectivity index (χ1n) is 9.24. The molecule has 0 aromatic rings. The van der Waals surface area contributed by atoms with Crippen LogP contribution in [-0.2, 0) is 33.5 Å². The van der Waals surface area contributed by atoms with Crippen LogP contribution >= 0.6 is 0 Å². The third-order valence-electron chi connectivity index (χ3n) is 3.66. The van der Waals surface area contributed by atoms with Gasteiger partial charge in [0.05, 0.1) is 25.2 Å². The molecule has 0 radical (unpaired) electrons. The Kier molecular flexibility index (Phi) is 22.7. The topological polar surface area (TPSA) is 233 Å². The SMILES string of the molecule is C=CC(=O)O.C=CC(=O)O.C=CC(=O)O.C=CC(=O)OC(C(=O)C=C)(C(=O)C=C)C(CO)(CO)CO. The van der Waals surface area contributed by atoms with Gasteiger partial charge in [-0.05, 0) is 12.2 Å². The largest absolute Gasteiger partial charge is 0.478 e. The van der Waals surface area contributed by atoms with Crippen LogP contribution in [0.2, 0.25) is 0 Å². The predicted molar refractivity (Wildman–Crippen MR) is 127 cm³/mol. The van der Waals surface area contributed by atoms with E-state index >= 15 is 0 Å². The Morgan fingerprint density at radius 2 is 0.806 bits per heavy atom. The van der Waals surface area contributed by atoms with E-state index in [2.05, 4.69) is 39.5 Å². The molecular weight excluding hydrogens is 484 g/mol. The molecule has 0 aromatic carbocycles. The third-order valence-corrected chi connectivity index (χ3v) is 3.66. The second-order valence-electron chi connectivity index (χ2n) is 5.82. The number of aliphatic hydroxyl groups is 3. The number of carboxylic acid groups (broad SMARTS) is 3. The molecule has 0 saturated carbocycles. The predicted octanol–water partition coefficient (Wildman–Crippen LogP) is -0.301. The van der Waals surface area contributed by atoms with Crippen molar-refractivity contribution in [2.45, 2.75) is 5.60 Å². The normalized spacial score (nSPS) is 9.31. The maximum absolute atomic E-state index is 12.2. The highest BCUT2D eigenvalue weighted by molar-refractivity contribution is 6.20. The van der Waals surface area contributed by atoms with Crippen LogP contribution in [-0.4, -0.2) is 91.5 Å². The minimum atomic E-state index is -2.68. The summed E-state index contributed by atoms with van der Waals surface area (Å²) in [4.78, 5) is 63.6. The molecule has 200 valence electrons. The zero-order chi connectivity index (χ0) is 29.5.